The monoisotopic (exact) mass is 277 g/mol. The van der Waals surface area contributed by atoms with E-state index < -0.39 is 7.12 Å². The molecule has 2 N–H and O–H groups in total. The Morgan fingerprint density at radius 3 is 2.85 bits per heavy atom. The first-order valence-electron chi connectivity index (χ1n) is 7.39. The van der Waals surface area contributed by atoms with Gasteiger partial charge in [0.2, 0.25) is 0 Å². The minimum absolute atomic E-state index is 0.574. The Morgan fingerprint density at radius 2 is 2.20 bits per heavy atom. The first-order chi connectivity index (χ1) is 9.63. The van der Waals surface area contributed by atoms with Crippen molar-refractivity contribution in [3.63, 3.8) is 0 Å². The lowest BCUT2D eigenvalue weighted by Gasteiger charge is -2.19. The summed E-state index contributed by atoms with van der Waals surface area (Å²) in [6, 6.07) is 5.41. The molecule has 1 aliphatic heterocycles. The Kier molecular flexibility index (Phi) is 5.46. The van der Waals surface area contributed by atoms with Gasteiger partial charge in [-0.05, 0) is 48.5 Å². The number of methoxy groups -OCH3 is 1. The van der Waals surface area contributed by atoms with E-state index in [2.05, 4.69) is 11.8 Å². The van der Waals surface area contributed by atoms with Crippen LogP contribution in [0.1, 0.15) is 31.7 Å². The summed E-state index contributed by atoms with van der Waals surface area (Å²) >= 11 is 0. The molecule has 1 heterocycles. The van der Waals surface area contributed by atoms with Crippen molar-refractivity contribution in [2.75, 3.05) is 20.2 Å². The molecule has 0 aliphatic carbocycles. The van der Waals surface area contributed by atoms with Gasteiger partial charge in [-0.2, -0.15) is 0 Å². The number of benzene rings is 1. The third-order valence-corrected chi connectivity index (χ3v) is 4.09. The van der Waals surface area contributed by atoms with E-state index in [0.717, 1.165) is 36.9 Å². The largest absolute Gasteiger partial charge is 0.497 e. The molecule has 4 nitrogen and oxygen atoms in total. The van der Waals surface area contributed by atoms with Crippen LogP contribution in [-0.2, 0) is 6.54 Å². The van der Waals surface area contributed by atoms with E-state index in [4.69, 9.17) is 4.74 Å². The normalized spacial score (nSPS) is 19.3. The summed E-state index contributed by atoms with van der Waals surface area (Å²) in [7, 11) is 0.200. The van der Waals surface area contributed by atoms with Gasteiger partial charge in [-0.25, -0.2) is 0 Å². The van der Waals surface area contributed by atoms with Crippen LogP contribution in [-0.4, -0.2) is 42.3 Å². The van der Waals surface area contributed by atoms with Crippen LogP contribution in [0.25, 0.3) is 0 Å². The molecule has 1 aromatic rings. The first kappa shape index (κ1) is 15.4. The number of nitrogens with zero attached hydrogens (tertiary/aromatic N) is 1. The molecule has 0 spiro atoms. The van der Waals surface area contributed by atoms with Crippen LogP contribution in [0.2, 0.25) is 0 Å². The third-order valence-electron chi connectivity index (χ3n) is 4.09. The Labute approximate surface area is 121 Å². The average Bonchev–Trinajstić information content (AvgIpc) is 2.86. The smallest absolute Gasteiger partial charge is 0.488 e. The highest BCUT2D eigenvalue weighted by molar-refractivity contribution is 6.59. The van der Waals surface area contributed by atoms with Gasteiger partial charge < -0.3 is 14.8 Å². The highest BCUT2D eigenvalue weighted by atomic mass is 16.5. The summed E-state index contributed by atoms with van der Waals surface area (Å²) in [4.78, 5) is 2.39. The highest BCUT2D eigenvalue weighted by Crippen LogP contribution is 2.23. The first-order valence-corrected chi connectivity index (χ1v) is 7.39. The second-order valence-electron chi connectivity index (χ2n) is 5.62. The fourth-order valence-electron chi connectivity index (χ4n) is 3.04. The van der Waals surface area contributed by atoms with E-state index in [1.54, 1.807) is 19.2 Å². The van der Waals surface area contributed by atoms with E-state index >= 15 is 0 Å². The zero-order valence-electron chi connectivity index (χ0n) is 12.4. The van der Waals surface area contributed by atoms with Gasteiger partial charge in [0.25, 0.3) is 0 Å². The number of likely N-dealkylation sites (tertiary alicyclic amines) is 1. The topological polar surface area (TPSA) is 52.9 Å². The molecule has 1 saturated heterocycles. The van der Waals surface area contributed by atoms with Crippen LogP contribution in [0, 0.1) is 5.92 Å². The lowest BCUT2D eigenvalue weighted by molar-refractivity contribution is 0.312. The number of hydrogen-bond acceptors (Lipinski definition) is 4. The average molecular weight is 277 g/mol. The van der Waals surface area contributed by atoms with Gasteiger partial charge in [0, 0.05) is 13.1 Å². The van der Waals surface area contributed by atoms with Crippen LogP contribution < -0.4 is 10.2 Å². The standard InChI is InChI=1S/C15H24BNO3/c1-3-4-12-7-8-17(10-12)11-13-9-14(20-2)5-6-15(13)16(18)19/h5-6,9,12,18-19H,3-4,7-8,10-11H2,1-2H3. The molecule has 1 unspecified atom stereocenters. The summed E-state index contributed by atoms with van der Waals surface area (Å²) < 4.78 is 5.23. The van der Waals surface area contributed by atoms with Crippen LogP contribution in [0.4, 0.5) is 0 Å². The summed E-state index contributed by atoms with van der Waals surface area (Å²) in [6.07, 6.45) is 3.76. The van der Waals surface area contributed by atoms with Crippen LogP contribution in [0.5, 0.6) is 5.75 Å². The van der Waals surface area contributed by atoms with Crippen molar-refractivity contribution < 1.29 is 14.8 Å². The minimum atomic E-state index is -1.43. The zero-order chi connectivity index (χ0) is 14.5. The van der Waals surface area contributed by atoms with Gasteiger partial charge in [-0.1, -0.05) is 19.4 Å². The van der Waals surface area contributed by atoms with Gasteiger partial charge in [0.05, 0.1) is 7.11 Å². The molecule has 1 aliphatic rings. The predicted molar refractivity (Wildman–Crippen MR) is 81.1 cm³/mol. The number of rotatable bonds is 6. The third kappa shape index (κ3) is 3.75. The predicted octanol–water partition coefficient (Wildman–Crippen LogP) is 0.997. The fraction of sp³-hybridized carbons (Fsp3) is 0.600. The van der Waals surface area contributed by atoms with Gasteiger partial charge in [-0.15, -0.1) is 0 Å². The Morgan fingerprint density at radius 1 is 1.40 bits per heavy atom. The van der Waals surface area contributed by atoms with Gasteiger partial charge in [0.1, 0.15) is 5.75 Å². The summed E-state index contributed by atoms with van der Waals surface area (Å²) in [5.74, 6) is 1.54. The van der Waals surface area contributed by atoms with Crippen molar-refractivity contribution in [1.29, 1.82) is 0 Å². The molecule has 1 fully saturated rings. The van der Waals surface area contributed by atoms with Crippen molar-refractivity contribution in [1.82, 2.24) is 4.90 Å². The number of hydrogen-bond donors (Lipinski definition) is 2. The molecule has 2 rings (SSSR count). The fourth-order valence-corrected chi connectivity index (χ4v) is 3.04. The molecule has 0 amide bonds. The summed E-state index contributed by atoms with van der Waals surface area (Å²) in [6.45, 7) is 5.17. The second-order valence-corrected chi connectivity index (χ2v) is 5.62. The maximum absolute atomic E-state index is 9.47. The highest BCUT2D eigenvalue weighted by Gasteiger charge is 2.24. The SMILES string of the molecule is CCCC1CCN(Cc2cc(OC)ccc2B(O)O)C1. The maximum Gasteiger partial charge on any atom is 0.488 e. The number of ether oxygens (including phenoxy) is 1. The molecule has 0 aromatic heterocycles. The van der Waals surface area contributed by atoms with Crippen LogP contribution >= 0.6 is 0 Å². The van der Waals surface area contributed by atoms with Crippen molar-refractivity contribution in [2.45, 2.75) is 32.7 Å². The molecule has 110 valence electrons. The van der Waals surface area contributed by atoms with Gasteiger partial charge >= 0.3 is 7.12 Å². The summed E-state index contributed by atoms with van der Waals surface area (Å²) in [5.41, 5.74) is 1.52. The van der Waals surface area contributed by atoms with E-state index in [1.165, 1.54) is 19.3 Å². The summed E-state index contributed by atoms with van der Waals surface area (Å²) in [5, 5.41) is 18.9. The lowest BCUT2D eigenvalue weighted by Crippen LogP contribution is -2.35. The van der Waals surface area contributed by atoms with Gasteiger partial charge in [-0.3, -0.25) is 4.90 Å². The van der Waals surface area contributed by atoms with E-state index in [0.29, 0.717) is 5.46 Å². The Balaban J connectivity index is 2.08. The van der Waals surface area contributed by atoms with Crippen molar-refractivity contribution in [2.24, 2.45) is 5.92 Å². The molecule has 5 heteroatoms. The van der Waals surface area contributed by atoms with Crippen molar-refractivity contribution in [3.8, 4) is 5.75 Å². The van der Waals surface area contributed by atoms with E-state index in [-0.39, 0.29) is 0 Å². The van der Waals surface area contributed by atoms with Gasteiger partial charge in [0.15, 0.2) is 0 Å². The molecule has 0 radical (unpaired) electrons. The molecular weight excluding hydrogens is 253 g/mol. The molecule has 1 atom stereocenters. The van der Waals surface area contributed by atoms with E-state index in [1.807, 2.05) is 6.07 Å². The Hall–Kier alpha value is -1.04. The molecule has 20 heavy (non-hydrogen) atoms. The molecule has 0 saturated carbocycles. The van der Waals surface area contributed by atoms with Crippen LogP contribution in [0.3, 0.4) is 0 Å². The molecule has 1 aromatic carbocycles. The molecular formula is C15H24BNO3. The van der Waals surface area contributed by atoms with Crippen molar-refractivity contribution in [3.05, 3.63) is 23.8 Å². The van der Waals surface area contributed by atoms with Crippen LogP contribution in [0.15, 0.2) is 18.2 Å². The maximum atomic E-state index is 9.47. The second kappa shape index (κ2) is 7.11. The Bertz CT molecular complexity index is 439. The quantitative estimate of drug-likeness (QED) is 0.762. The minimum Gasteiger partial charge on any atom is -0.497 e. The van der Waals surface area contributed by atoms with Crippen molar-refractivity contribution >= 4 is 12.6 Å². The zero-order valence-corrected chi connectivity index (χ0v) is 12.4. The molecule has 0 bridgehead atoms. The van der Waals surface area contributed by atoms with E-state index in [9.17, 15) is 10.0 Å². The lowest BCUT2D eigenvalue weighted by atomic mass is 9.77.